The van der Waals surface area contributed by atoms with Crippen molar-refractivity contribution in [2.45, 2.75) is 30.9 Å². The van der Waals surface area contributed by atoms with Crippen LogP contribution in [0.4, 0.5) is 5.00 Å². The summed E-state index contributed by atoms with van der Waals surface area (Å²) < 4.78 is 10.5. The van der Waals surface area contributed by atoms with Crippen LogP contribution < -0.4 is 5.32 Å². The van der Waals surface area contributed by atoms with Gasteiger partial charge in [-0.15, -0.1) is 21.5 Å². The fourth-order valence-electron chi connectivity index (χ4n) is 3.23. The van der Waals surface area contributed by atoms with Crippen LogP contribution in [0.15, 0.2) is 40.0 Å². The molecule has 2 aromatic heterocycles. The van der Waals surface area contributed by atoms with E-state index in [1.165, 1.54) is 18.4 Å². The molecule has 1 aliphatic rings. The molecule has 0 bridgehead atoms. The zero-order chi connectivity index (χ0) is 20.2. The van der Waals surface area contributed by atoms with Crippen molar-refractivity contribution in [1.82, 2.24) is 10.2 Å². The molecule has 7 nitrogen and oxygen atoms in total. The topological polar surface area (TPSA) is 94.3 Å². The summed E-state index contributed by atoms with van der Waals surface area (Å²) in [4.78, 5) is 25.9. The number of aromatic nitrogens is 2. The Hall–Kier alpha value is -2.65. The van der Waals surface area contributed by atoms with Gasteiger partial charge in [-0.2, -0.15) is 0 Å². The van der Waals surface area contributed by atoms with E-state index in [9.17, 15) is 9.59 Å². The van der Waals surface area contributed by atoms with Crippen molar-refractivity contribution in [1.29, 1.82) is 0 Å². The molecule has 150 valence electrons. The van der Waals surface area contributed by atoms with Gasteiger partial charge in [0.1, 0.15) is 5.00 Å². The number of thiophene rings is 1. The molecule has 0 atom stereocenters. The Labute approximate surface area is 175 Å². The standard InChI is InChI=1S/C20H19N3O4S2/c1-26-19(25)16-13-9-5-6-10-14(13)29-18(16)21-15(24)11-28-20-23-22-17(27-20)12-7-3-2-4-8-12/h2-4,7-8H,5-6,9-11H2,1H3,(H,21,24). The first-order chi connectivity index (χ1) is 14.2. The number of thioether (sulfide) groups is 1. The lowest BCUT2D eigenvalue weighted by atomic mass is 9.95. The van der Waals surface area contributed by atoms with E-state index < -0.39 is 5.97 Å². The van der Waals surface area contributed by atoms with Crippen molar-refractivity contribution >= 4 is 40.0 Å². The maximum Gasteiger partial charge on any atom is 0.341 e. The number of anilines is 1. The lowest BCUT2D eigenvalue weighted by Gasteiger charge is -2.11. The molecule has 1 amide bonds. The second kappa shape index (κ2) is 8.79. The quantitative estimate of drug-likeness (QED) is 0.464. The molecule has 1 aliphatic carbocycles. The van der Waals surface area contributed by atoms with Gasteiger partial charge < -0.3 is 14.5 Å². The highest BCUT2D eigenvalue weighted by molar-refractivity contribution is 7.99. The molecular formula is C20H19N3O4S2. The smallest absolute Gasteiger partial charge is 0.341 e. The maximum absolute atomic E-state index is 12.5. The summed E-state index contributed by atoms with van der Waals surface area (Å²) in [5.74, 6) is -0.137. The van der Waals surface area contributed by atoms with Crippen LogP contribution in [0, 0.1) is 0 Å². The van der Waals surface area contributed by atoms with E-state index in [-0.39, 0.29) is 11.7 Å². The van der Waals surface area contributed by atoms with Crippen LogP contribution in [-0.4, -0.2) is 34.9 Å². The molecule has 0 fully saturated rings. The molecule has 4 rings (SSSR count). The lowest BCUT2D eigenvalue weighted by Crippen LogP contribution is -2.16. The van der Waals surface area contributed by atoms with Crippen molar-refractivity contribution in [3.63, 3.8) is 0 Å². The summed E-state index contributed by atoms with van der Waals surface area (Å²) in [5, 5.41) is 11.7. The van der Waals surface area contributed by atoms with Gasteiger partial charge in [-0.05, 0) is 43.4 Å². The molecule has 0 saturated carbocycles. The molecule has 0 aliphatic heterocycles. The van der Waals surface area contributed by atoms with Gasteiger partial charge in [0, 0.05) is 10.4 Å². The van der Waals surface area contributed by atoms with E-state index >= 15 is 0 Å². The third kappa shape index (κ3) is 4.35. The molecule has 9 heteroatoms. The third-order valence-electron chi connectivity index (χ3n) is 4.57. The van der Waals surface area contributed by atoms with Gasteiger partial charge in [-0.25, -0.2) is 4.79 Å². The van der Waals surface area contributed by atoms with Gasteiger partial charge in [0.15, 0.2) is 0 Å². The summed E-state index contributed by atoms with van der Waals surface area (Å²) in [6.45, 7) is 0. The van der Waals surface area contributed by atoms with Crippen LogP contribution in [0.3, 0.4) is 0 Å². The fraction of sp³-hybridized carbons (Fsp3) is 0.300. The van der Waals surface area contributed by atoms with E-state index in [1.54, 1.807) is 0 Å². The van der Waals surface area contributed by atoms with Crippen LogP contribution in [0.1, 0.15) is 33.6 Å². The number of nitrogens with zero attached hydrogens (tertiary/aromatic N) is 2. The Morgan fingerprint density at radius 3 is 2.79 bits per heavy atom. The molecule has 0 radical (unpaired) electrons. The molecule has 3 aromatic rings. The van der Waals surface area contributed by atoms with Crippen LogP contribution in [0.5, 0.6) is 0 Å². The number of carbonyl (C=O) groups is 2. The molecular weight excluding hydrogens is 410 g/mol. The fourth-order valence-corrected chi connectivity index (χ4v) is 5.08. The van der Waals surface area contributed by atoms with Crippen molar-refractivity contribution < 1.29 is 18.7 Å². The predicted octanol–water partition coefficient (Wildman–Crippen LogP) is 4.19. The van der Waals surface area contributed by atoms with Gasteiger partial charge in [-0.1, -0.05) is 30.0 Å². The molecule has 0 unspecified atom stereocenters. The number of fused-ring (bicyclic) bond motifs is 1. The molecule has 1 N–H and O–H groups in total. The average molecular weight is 430 g/mol. The third-order valence-corrected chi connectivity index (χ3v) is 6.59. The number of hydrogen-bond acceptors (Lipinski definition) is 8. The second-order valence-electron chi connectivity index (χ2n) is 6.48. The number of benzene rings is 1. The Morgan fingerprint density at radius 2 is 2.00 bits per heavy atom. The highest BCUT2D eigenvalue weighted by atomic mass is 32.2. The van der Waals surface area contributed by atoms with Gasteiger partial charge in [-0.3, -0.25) is 4.79 Å². The number of hydrogen-bond donors (Lipinski definition) is 1. The van der Waals surface area contributed by atoms with E-state index in [4.69, 9.17) is 9.15 Å². The number of rotatable bonds is 6. The highest BCUT2D eigenvalue weighted by Gasteiger charge is 2.27. The Bertz CT molecular complexity index is 1030. The van der Waals surface area contributed by atoms with Gasteiger partial charge in [0.25, 0.3) is 5.22 Å². The Morgan fingerprint density at radius 1 is 1.21 bits per heavy atom. The van der Waals surface area contributed by atoms with Crippen molar-refractivity contribution in [3.05, 3.63) is 46.3 Å². The number of methoxy groups -OCH3 is 1. The maximum atomic E-state index is 12.5. The molecule has 1 aromatic carbocycles. The van der Waals surface area contributed by atoms with Crippen LogP contribution >= 0.6 is 23.1 Å². The van der Waals surface area contributed by atoms with Gasteiger partial charge >= 0.3 is 5.97 Å². The second-order valence-corrected chi connectivity index (χ2v) is 8.51. The summed E-state index contributed by atoms with van der Waals surface area (Å²) in [5.41, 5.74) is 2.33. The number of aryl methyl sites for hydroxylation is 1. The number of esters is 1. The number of carbonyl (C=O) groups excluding carboxylic acids is 2. The summed E-state index contributed by atoms with van der Waals surface area (Å²) in [6, 6.07) is 9.44. The van der Waals surface area contributed by atoms with Gasteiger partial charge in [0.05, 0.1) is 18.4 Å². The number of amides is 1. The molecule has 0 spiro atoms. The minimum absolute atomic E-state index is 0.0968. The summed E-state index contributed by atoms with van der Waals surface area (Å²) >= 11 is 2.62. The zero-order valence-electron chi connectivity index (χ0n) is 15.8. The first kappa shape index (κ1) is 19.7. The zero-order valence-corrected chi connectivity index (χ0v) is 17.4. The first-order valence-corrected chi connectivity index (χ1v) is 11.0. The number of ether oxygens (including phenoxy) is 1. The highest BCUT2D eigenvalue weighted by Crippen LogP contribution is 2.38. The van der Waals surface area contributed by atoms with Crippen molar-refractivity contribution in [2.75, 3.05) is 18.2 Å². The summed E-state index contributed by atoms with van der Waals surface area (Å²) in [6.07, 6.45) is 3.90. The minimum atomic E-state index is -0.406. The SMILES string of the molecule is COC(=O)c1c(NC(=O)CSc2nnc(-c3ccccc3)o2)sc2c1CCCC2. The normalized spacial score (nSPS) is 13.0. The van der Waals surface area contributed by atoms with E-state index in [2.05, 4.69) is 15.5 Å². The molecule has 2 heterocycles. The first-order valence-electron chi connectivity index (χ1n) is 9.20. The minimum Gasteiger partial charge on any atom is -0.465 e. The Kier molecular flexibility index (Phi) is 5.96. The Balaban J connectivity index is 1.42. The van der Waals surface area contributed by atoms with E-state index in [0.717, 1.165) is 53.4 Å². The van der Waals surface area contributed by atoms with Crippen LogP contribution in [0.2, 0.25) is 0 Å². The average Bonchev–Trinajstić information content (AvgIpc) is 3.37. The van der Waals surface area contributed by atoms with Crippen LogP contribution in [-0.2, 0) is 22.4 Å². The van der Waals surface area contributed by atoms with Crippen molar-refractivity contribution in [3.8, 4) is 11.5 Å². The lowest BCUT2D eigenvalue weighted by molar-refractivity contribution is -0.113. The van der Waals surface area contributed by atoms with E-state index in [1.807, 2.05) is 30.3 Å². The molecule has 0 saturated heterocycles. The van der Waals surface area contributed by atoms with E-state index in [0.29, 0.717) is 21.7 Å². The largest absolute Gasteiger partial charge is 0.465 e. The van der Waals surface area contributed by atoms with Crippen LogP contribution in [0.25, 0.3) is 11.5 Å². The predicted molar refractivity (Wildman–Crippen MR) is 111 cm³/mol. The summed E-state index contributed by atoms with van der Waals surface area (Å²) in [7, 11) is 1.36. The van der Waals surface area contributed by atoms with Gasteiger partial charge in [0.2, 0.25) is 11.8 Å². The number of nitrogens with one attached hydrogen (secondary N) is 1. The molecule has 29 heavy (non-hydrogen) atoms. The monoisotopic (exact) mass is 429 g/mol. The van der Waals surface area contributed by atoms with Crippen molar-refractivity contribution in [2.24, 2.45) is 0 Å².